The first-order chi connectivity index (χ1) is 14.2. The second-order valence-corrected chi connectivity index (χ2v) is 8.45. The summed E-state index contributed by atoms with van der Waals surface area (Å²) < 4.78 is 11.3. The number of benzene rings is 1. The summed E-state index contributed by atoms with van der Waals surface area (Å²) in [6, 6.07) is 6.45. The van der Waals surface area contributed by atoms with Gasteiger partial charge in [0.05, 0.1) is 13.2 Å². The molecule has 1 aliphatic carbocycles. The summed E-state index contributed by atoms with van der Waals surface area (Å²) in [7, 11) is 3.61. The molecule has 1 aromatic rings. The molecule has 7 heteroatoms. The number of aryl methyl sites for hydroxylation is 1. The molecule has 0 bridgehead atoms. The van der Waals surface area contributed by atoms with Crippen LogP contribution in [0.2, 0.25) is 0 Å². The van der Waals surface area contributed by atoms with Crippen LogP contribution in [-0.4, -0.2) is 64.4 Å². The lowest BCUT2D eigenvalue weighted by Crippen LogP contribution is -2.43. The first kappa shape index (κ1) is 25.2. The molecule has 1 aromatic carbocycles. The third-order valence-electron chi connectivity index (χ3n) is 5.94. The Kier molecular flexibility index (Phi) is 11.2. The fourth-order valence-electron chi connectivity index (χ4n) is 3.71. The van der Waals surface area contributed by atoms with E-state index in [-0.39, 0.29) is 24.0 Å². The highest BCUT2D eigenvalue weighted by atomic mass is 127. The van der Waals surface area contributed by atoms with Gasteiger partial charge in [-0.05, 0) is 69.2 Å². The van der Waals surface area contributed by atoms with Crippen molar-refractivity contribution < 1.29 is 9.47 Å². The van der Waals surface area contributed by atoms with Crippen LogP contribution in [0.4, 0.5) is 0 Å². The topological polar surface area (TPSA) is 58.1 Å². The molecule has 1 heterocycles. The van der Waals surface area contributed by atoms with Crippen LogP contribution in [0.15, 0.2) is 23.2 Å². The Morgan fingerprint density at radius 1 is 1.13 bits per heavy atom. The third-order valence-corrected chi connectivity index (χ3v) is 5.94. The van der Waals surface area contributed by atoms with Crippen LogP contribution >= 0.6 is 24.0 Å². The first-order valence-electron chi connectivity index (χ1n) is 11.1. The van der Waals surface area contributed by atoms with E-state index < -0.39 is 0 Å². The number of methoxy groups -OCH3 is 1. The first-order valence-corrected chi connectivity index (χ1v) is 11.1. The standard InChI is InChI=1S/C23H38N4O2.HI/c1-18-4-7-21(22(14-18)29-17-20-5-6-20)16-26-23(24-2)25-15-19-8-10-27(11-9-19)12-13-28-3;/h4,7,14,19-20H,5-6,8-13,15-17H2,1-3H3,(H2,24,25,26);1H. The zero-order chi connectivity index (χ0) is 20.5. The van der Waals surface area contributed by atoms with E-state index in [1.165, 1.54) is 36.8 Å². The van der Waals surface area contributed by atoms with Gasteiger partial charge in [-0.1, -0.05) is 12.1 Å². The summed E-state index contributed by atoms with van der Waals surface area (Å²) in [6.45, 7) is 8.83. The van der Waals surface area contributed by atoms with Gasteiger partial charge in [0.25, 0.3) is 0 Å². The number of hydrogen-bond donors (Lipinski definition) is 2. The van der Waals surface area contributed by atoms with Crippen molar-refractivity contribution in [2.45, 2.75) is 39.2 Å². The molecule has 0 unspecified atom stereocenters. The van der Waals surface area contributed by atoms with E-state index >= 15 is 0 Å². The summed E-state index contributed by atoms with van der Waals surface area (Å²) in [5.74, 6) is 3.32. The number of halogens is 1. The maximum absolute atomic E-state index is 6.09. The Morgan fingerprint density at radius 2 is 1.90 bits per heavy atom. The molecule has 0 radical (unpaired) electrons. The van der Waals surface area contributed by atoms with Gasteiger partial charge < -0.3 is 25.0 Å². The zero-order valence-electron chi connectivity index (χ0n) is 18.8. The highest BCUT2D eigenvalue weighted by Gasteiger charge is 2.22. The maximum Gasteiger partial charge on any atom is 0.191 e. The normalized spacial score (nSPS) is 18.0. The fourth-order valence-corrected chi connectivity index (χ4v) is 3.71. The smallest absolute Gasteiger partial charge is 0.191 e. The third kappa shape index (κ3) is 8.59. The van der Waals surface area contributed by atoms with Gasteiger partial charge in [-0.15, -0.1) is 24.0 Å². The Hall–Kier alpha value is -1.06. The lowest BCUT2D eigenvalue weighted by molar-refractivity contribution is 0.121. The van der Waals surface area contributed by atoms with E-state index in [2.05, 4.69) is 45.6 Å². The molecule has 3 rings (SSSR count). The number of likely N-dealkylation sites (tertiary alicyclic amines) is 1. The SMILES string of the molecule is CN=C(NCc1ccc(C)cc1OCC1CC1)NCC1CCN(CCOC)CC1.I. The molecule has 1 saturated heterocycles. The molecule has 1 aliphatic heterocycles. The number of ether oxygens (including phenoxy) is 2. The number of rotatable bonds is 10. The van der Waals surface area contributed by atoms with Crippen molar-refractivity contribution >= 4 is 29.9 Å². The molecule has 0 atom stereocenters. The van der Waals surface area contributed by atoms with E-state index in [1.807, 2.05) is 7.05 Å². The van der Waals surface area contributed by atoms with Crippen molar-refractivity contribution in [2.75, 3.05) is 53.6 Å². The minimum Gasteiger partial charge on any atom is -0.493 e. The minimum absolute atomic E-state index is 0. The van der Waals surface area contributed by atoms with Crippen molar-refractivity contribution in [3.8, 4) is 5.75 Å². The summed E-state index contributed by atoms with van der Waals surface area (Å²) in [5.41, 5.74) is 2.42. The van der Waals surface area contributed by atoms with Crippen LogP contribution < -0.4 is 15.4 Å². The van der Waals surface area contributed by atoms with Crippen LogP contribution in [0, 0.1) is 18.8 Å². The van der Waals surface area contributed by atoms with Gasteiger partial charge in [-0.3, -0.25) is 4.99 Å². The second-order valence-electron chi connectivity index (χ2n) is 8.45. The lowest BCUT2D eigenvalue weighted by Gasteiger charge is -2.32. The quantitative estimate of drug-likeness (QED) is 0.276. The predicted octanol–water partition coefficient (Wildman–Crippen LogP) is 3.43. The van der Waals surface area contributed by atoms with Gasteiger partial charge in [0.1, 0.15) is 5.75 Å². The van der Waals surface area contributed by atoms with E-state index in [4.69, 9.17) is 9.47 Å². The van der Waals surface area contributed by atoms with Crippen LogP contribution in [0.3, 0.4) is 0 Å². The van der Waals surface area contributed by atoms with Gasteiger partial charge in [0.15, 0.2) is 5.96 Å². The average molecular weight is 530 g/mol. The molecule has 170 valence electrons. The van der Waals surface area contributed by atoms with Crippen molar-refractivity contribution in [2.24, 2.45) is 16.8 Å². The summed E-state index contributed by atoms with van der Waals surface area (Å²) in [4.78, 5) is 6.89. The Labute approximate surface area is 199 Å². The fraction of sp³-hybridized carbons (Fsp3) is 0.696. The van der Waals surface area contributed by atoms with E-state index in [0.717, 1.165) is 63.6 Å². The van der Waals surface area contributed by atoms with Gasteiger partial charge in [0, 0.05) is 39.4 Å². The highest BCUT2D eigenvalue weighted by Crippen LogP contribution is 2.30. The molecule has 6 nitrogen and oxygen atoms in total. The maximum atomic E-state index is 6.09. The molecular weight excluding hydrogens is 491 g/mol. The van der Waals surface area contributed by atoms with Crippen LogP contribution in [0.25, 0.3) is 0 Å². The zero-order valence-corrected chi connectivity index (χ0v) is 21.1. The predicted molar refractivity (Wildman–Crippen MR) is 134 cm³/mol. The molecule has 0 aromatic heterocycles. The van der Waals surface area contributed by atoms with Crippen molar-refractivity contribution in [3.63, 3.8) is 0 Å². The molecule has 0 spiro atoms. The Balaban J connectivity index is 0.00000320. The number of guanidine groups is 1. The second kappa shape index (κ2) is 13.4. The van der Waals surface area contributed by atoms with E-state index in [0.29, 0.717) is 5.92 Å². The molecule has 2 fully saturated rings. The minimum atomic E-state index is 0. The van der Waals surface area contributed by atoms with E-state index in [1.54, 1.807) is 7.11 Å². The monoisotopic (exact) mass is 530 g/mol. The van der Waals surface area contributed by atoms with Gasteiger partial charge >= 0.3 is 0 Å². The largest absolute Gasteiger partial charge is 0.493 e. The van der Waals surface area contributed by atoms with Crippen LogP contribution in [-0.2, 0) is 11.3 Å². The number of aliphatic imine (C=N–C) groups is 1. The average Bonchev–Trinajstić information content (AvgIpc) is 3.57. The Bertz CT molecular complexity index is 659. The molecule has 1 saturated carbocycles. The van der Waals surface area contributed by atoms with E-state index in [9.17, 15) is 0 Å². The summed E-state index contributed by atoms with van der Waals surface area (Å²) in [6.07, 6.45) is 5.07. The van der Waals surface area contributed by atoms with Gasteiger partial charge in [-0.2, -0.15) is 0 Å². The molecule has 2 N–H and O–H groups in total. The number of piperidine rings is 1. The van der Waals surface area contributed by atoms with Gasteiger partial charge in [0.2, 0.25) is 0 Å². The number of nitrogens with one attached hydrogen (secondary N) is 2. The van der Waals surface area contributed by atoms with Crippen LogP contribution in [0.1, 0.15) is 36.8 Å². The number of nitrogens with zero attached hydrogens (tertiary/aromatic N) is 2. The highest BCUT2D eigenvalue weighted by molar-refractivity contribution is 14.0. The number of hydrogen-bond acceptors (Lipinski definition) is 4. The van der Waals surface area contributed by atoms with Crippen molar-refractivity contribution in [1.82, 2.24) is 15.5 Å². The molecule has 2 aliphatic rings. The van der Waals surface area contributed by atoms with Crippen LogP contribution in [0.5, 0.6) is 5.75 Å². The Morgan fingerprint density at radius 3 is 2.57 bits per heavy atom. The van der Waals surface area contributed by atoms with Crippen molar-refractivity contribution in [1.29, 1.82) is 0 Å². The summed E-state index contributed by atoms with van der Waals surface area (Å²) in [5, 5.41) is 6.97. The molecular formula is C23H39IN4O2. The molecule has 0 amide bonds. The lowest BCUT2D eigenvalue weighted by atomic mass is 9.97. The summed E-state index contributed by atoms with van der Waals surface area (Å²) >= 11 is 0. The molecule has 30 heavy (non-hydrogen) atoms. The van der Waals surface area contributed by atoms with Crippen molar-refractivity contribution in [3.05, 3.63) is 29.3 Å². The van der Waals surface area contributed by atoms with Gasteiger partial charge in [-0.25, -0.2) is 0 Å².